The minimum atomic E-state index is 0.0476. The van der Waals surface area contributed by atoms with Crippen LogP contribution in [0.25, 0.3) is 22.0 Å². The lowest BCUT2D eigenvalue weighted by molar-refractivity contribution is -0.134. The summed E-state index contributed by atoms with van der Waals surface area (Å²) in [6, 6.07) is 20.3. The van der Waals surface area contributed by atoms with Crippen LogP contribution in [-0.4, -0.2) is 53.9 Å². The molecule has 3 aromatic carbocycles. The number of H-pyrrole nitrogens is 1. The zero-order valence-electron chi connectivity index (χ0n) is 21.5. The summed E-state index contributed by atoms with van der Waals surface area (Å²) in [5, 5.41) is 8.13. The number of aromatic nitrogens is 2. The van der Waals surface area contributed by atoms with Crippen LogP contribution in [0.4, 0.5) is 0 Å². The van der Waals surface area contributed by atoms with E-state index in [1.54, 1.807) is 0 Å². The highest BCUT2D eigenvalue weighted by molar-refractivity contribution is 5.85. The van der Waals surface area contributed by atoms with Gasteiger partial charge >= 0.3 is 0 Å². The Hall–Kier alpha value is -4.00. The van der Waals surface area contributed by atoms with Crippen LogP contribution in [0.1, 0.15) is 31.2 Å². The predicted molar refractivity (Wildman–Crippen MR) is 147 cm³/mol. The van der Waals surface area contributed by atoms with E-state index < -0.39 is 0 Å². The molecular formula is C31H33N3O4. The fraction of sp³-hybridized carbons (Fsp3) is 0.355. The number of nitrogens with one attached hydrogen (secondary N) is 1. The van der Waals surface area contributed by atoms with E-state index in [2.05, 4.69) is 28.4 Å². The van der Waals surface area contributed by atoms with Crippen molar-refractivity contribution in [3.8, 4) is 28.4 Å². The number of nitrogens with zero attached hydrogens (tertiary/aromatic N) is 2. The van der Waals surface area contributed by atoms with Crippen molar-refractivity contribution in [1.29, 1.82) is 0 Å². The van der Waals surface area contributed by atoms with Crippen LogP contribution in [0.5, 0.6) is 17.2 Å². The molecule has 1 aromatic heterocycles. The van der Waals surface area contributed by atoms with E-state index in [1.165, 1.54) is 5.56 Å². The molecule has 2 aliphatic heterocycles. The second kappa shape index (κ2) is 11.2. The van der Waals surface area contributed by atoms with E-state index in [-0.39, 0.29) is 12.5 Å². The molecule has 1 amide bonds. The number of amides is 1. The summed E-state index contributed by atoms with van der Waals surface area (Å²) in [4.78, 5) is 14.9. The van der Waals surface area contributed by atoms with Gasteiger partial charge in [-0.2, -0.15) is 5.10 Å². The van der Waals surface area contributed by atoms with Gasteiger partial charge in [-0.05, 0) is 73.1 Å². The van der Waals surface area contributed by atoms with Crippen molar-refractivity contribution in [2.45, 2.75) is 32.1 Å². The van der Waals surface area contributed by atoms with Crippen molar-refractivity contribution in [3.63, 3.8) is 0 Å². The zero-order chi connectivity index (χ0) is 25.7. The van der Waals surface area contributed by atoms with E-state index in [0.717, 1.165) is 78.7 Å². The number of ether oxygens (including phenoxy) is 3. The first kappa shape index (κ1) is 24.3. The van der Waals surface area contributed by atoms with Gasteiger partial charge in [-0.25, -0.2) is 0 Å². The van der Waals surface area contributed by atoms with Crippen molar-refractivity contribution in [2.75, 3.05) is 32.9 Å². The first-order valence-corrected chi connectivity index (χ1v) is 13.5. The van der Waals surface area contributed by atoms with E-state index in [9.17, 15) is 4.79 Å². The van der Waals surface area contributed by atoms with Crippen molar-refractivity contribution in [3.05, 3.63) is 72.4 Å². The Morgan fingerprint density at radius 2 is 1.84 bits per heavy atom. The number of rotatable bonds is 7. The molecule has 3 heterocycles. The van der Waals surface area contributed by atoms with Crippen LogP contribution in [0, 0.1) is 5.92 Å². The molecule has 0 atom stereocenters. The molecule has 1 N–H and O–H groups in total. The van der Waals surface area contributed by atoms with Gasteiger partial charge in [-0.3, -0.25) is 9.89 Å². The predicted octanol–water partition coefficient (Wildman–Crippen LogP) is 5.64. The number of fused-ring (bicyclic) bond motifs is 2. The summed E-state index contributed by atoms with van der Waals surface area (Å²) >= 11 is 0. The molecule has 1 fully saturated rings. The summed E-state index contributed by atoms with van der Waals surface area (Å²) in [6.07, 6.45) is 6.91. The molecule has 0 saturated carbocycles. The van der Waals surface area contributed by atoms with Crippen molar-refractivity contribution >= 4 is 16.8 Å². The number of likely N-dealkylation sites (tertiary alicyclic amines) is 1. The smallest absolute Gasteiger partial charge is 0.260 e. The van der Waals surface area contributed by atoms with Gasteiger partial charge in [0.05, 0.1) is 24.9 Å². The lowest BCUT2D eigenvalue weighted by Crippen LogP contribution is -2.41. The molecule has 7 nitrogen and oxygen atoms in total. The second-order valence-corrected chi connectivity index (χ2v) is 10.2. The highest BCUT2D eigenvalue weighted by Gasteiger charge is 2.23. The Labute approximate surface area is 222 Å². The molecule has 0 unspecified atom stereocenters. The largest absolute Gasteiger partial charge is 0.490 e. The average Bonchev–Trinajstić information content (AvgIpc) is 3.31. The van der Waals surface area contributed by atoms with Gasteiger partial charge in [0.2, 0.25) is 0 Å². The molecule has 0 aliphatic carbocycles. The van der Waals surface area contributed by atoms with Gasteiger partial charge in [-0.15, -0.1) is 0 Å². The third kappa shape index (κ3) is 5.47. The summed E-state index contributed by atoms with van der Waals surface area (Å²) in [5.41, 5.74) is 4.28. The fourth-order valence-corrected chi connectivity index (χ4v) is 5.38. The van der Waals surface area contributed by atoms with Crippen molar-refractivity contribution in [2.24, 2.45) is 5.92 Å². The Bertz CT molecular complexity index is 1410. The second-order valence-electron chi connectivity index (χ2n) is 10.2. The molecule has 4 aromatic rings. The summed E-state index contributed by atoms with van der Waals surface area (Å²) in [7, 11) is 0. The molecule has 38 heavy (non-hydrogen) atoms. The molecule has 0 radical (unpaired) electrons. The first-order chi connectivity index (χ1) is 18.7. The minimum absolute atomic E-state index is 0.0476. The number of aryl methyl sites for hydroxylation is 1. The topological polar surface area (TPSA) is 76.7 Å². The Kier molecular flexibility index (Phi) is 7.16. The number of hydrogen-bond donors (Lipinski definition) is 1. The van der Waals surface area contributed by atoms with Crippen LogP contribution in [-0.2, 0) is 11.2 Å². The van der Waals surface area contributed by atoms with Crippen molar-refractivity contribution < 1.29 is 19.0 Å². The average molecular weight is 512 g/mol. The maximum atomic E-state index is 13.0. The van der Waals surface area contributed by atoms with Gasteiger partial charge in [0, 0.05) is 30.5 Å². The highest BCUT2D eigenvalue weighted by Crippen LogP contribution is 2.33. The Morgan fingerprint density at radius 1 is 1.00 bits per heavy atom. The SMILES string of the molecule is O=C(COc1ccccc1-c1ccc2[nH]ncc2c1)N1CCC(CCc2ccc3c(c2)OCCCO3)CC1. The molecule has 1 saturated heterocycles. The van der Waals surface area contributed by atoms with Gasteiger partial charge < -0.3 is 19.1 Å². The molecule has 6 rings (SSSR count). The lowest BCUT2D eigenvalue weighted by atomic mass is 9.90. The quantitative estimate of drug-likeness (QED) is 0.347. The van der Waals surface area contributed by atoms with E-state index in [1.807, 2.05) is 53.6 Å². The highest BCUT2D eigenvalue weighted by atomic mass is 16.5. The Balaban J connectivity index is 0.998. The molecule has 0 bridgehead atoms. The summed E-state index contributed by atoms with van der Waals surface area (Å²) in [5.74, 6) is 3.10. The molecular weight excluding hydrogens is 478 g/mol. The first-order valence-electron chi connectivity index (χ1n) is 13.5. The minimum Gasteiger partial charge on any atom is -0.490 e. The van der Waals surface area contributed by atoms with Gasteiger partial charge in [0.1, 0.15) is 5.75 Å². The van der Waals surface area contributed by atoms with Gasteiger partial charge in [-0.1, -0.05) is 30.3 Å². The van der Waals surface area contributed by atoms with Crippen molar-refractivity contribution in [1.82, 2.24) is 15.1 Å². The number of carbonyl (C=O) groups is 1. The summed E-state index contributed by atoms with van der Waals surface area (Å²) < 4.78 is 17.6. The number of carbonyl (C=O) groups excluding carboxylic acids is 1. The van der Waals surface area contributed by atoms with Crippen LogP contribution in [0.2, 0.25) is 0 Å². The monoisotopic (exact) mass is 511 g/mol. The standard InChI is InChI=1S/C31H33N3O4/c35-31(21-38-28-5-2-1-4-26(28)24-9-10-27-25(19-24)20-32-33-27)34-14-12-22(13-15-34)6-7-23-8-11-29-30(18-23)37-17-3-16-36-29/h1-2,4-5,8-11,18-20,22H,3,6-7,12-17,21H2,(H,32,33). The third-order valence-electron chi connectivity index (χ3n) is 7.61. The molecule has 7 heteroatoms. The fourth-order valence-electron chi connectivity index (χ4n) is 5.38. The number of para-hydroxylation sites is 1. The normalized spacial score (nSPS) is 15.8. The maximum Gasteiger partial charge on any atom is 0.260 e. The maximum absolute atomic E-state index is 13.0. The zero-order valence-corrected chi connectivity index (χ0v) is 21.5. The molecule has 0 spiro atoms. The van der Waals surface area contributed by atoms with Crippen LogP contribution >= 0.6 is 0 Å². The van der Waals surface area contributed by atoms with Gasteiger partial charge in [0.25, 0.3) is 5.91 Å². The number of benzene rings is 3. The van der Waals surface area contributed by atoms with Gasteiger partial charge in [0.15, 0.2) is 18.1 Å². The van der Waals surface area contributed by atoms with E-state index in [0.29, 0.717) is 24.9 Å². The van der Waals surface area contributed by atoms with Crippen LogP contribution in [0.15, 0.2) is 66.9 Å². The summed E-state index contributed by atoms with van der Waals surface area (Å²) in [6.45, 7) is 3.04. The number of aromatic amines is 1. The number of piperidine rings is 1. The van der Waals surface area contributed by atoms with Crippen LogP contribution in [0.3, 0.4) is 0 Å². The molecule has 196 valence electrons. The van der Waals surface area contributed by atoms with Crippen LogP contribution < -0.4 is 14.2 Å². The lowest BCUT2D eigenvalue weighted by Gasteiger charge is -2.32. The number of hydrogen-bond acceptors (Lipinski definition) is 5. The molecule has 2 aliphatic rings. The third-order valence-corrected chi connectivity index (χ3v) is 7.61. The van der Waals surface area contributed by atoms with E-state index >= 15 is 0 Å². The Morgan fingerprint density at radius 3 is 2.74 bits per heavy atom. The van der Waals surface area contributed by atoms with E-state index in [4.69, 9.17) is 14.2 Å².